The van der Waals surface area contributed by atoms with Crippen molar-refractivity contribution >= 4 is 34.0 Å². The Morgan fingerprint density at radius 1 is 1.14 bits per heavy atom. The molecule has 0 amide bonds. The second-order valence-electron chi connectivity index (χ2n) is 6.49. The summed E-state index contributed by atoms with van der Waals surface area (Å²) in [6.07, 6.45) is 5.94. The molecule has 1 aromatic carbocycles. The molecule has 3 aromatic heterocycles. The molecule has 0 aliphatic heterocycles. The third kappa shape index (κ3) is 4.21. The van der Waals surface area contributed by atoms with Gasteiger partial charge in [-0.1, -0.05) is 11.6 Å². The SMILES string of the molecule is COCCCn1ncc2nccc(Nc3ccnc(-c4cc(Cl)ccc4F)c3)c21. The monoisotopic (exact) mass is 411 g/mol. The molecule has 0 fully saturated rings. The van der Waals surface area contributed by atoms with Gasteiger partial charge in [0, 0.05) is 48.9 Å². The number of rotatable bonds is 7. The summed E-state index contributed by atoms with van der Waals surface area (Å²) in [5.74, 6) is -0.374. The molecule has 1 N–H and O–H groups in total. The maximum absolute atomic E-state index is 14.2. The van der Waals surface area contributed by atoms with Gasteiger partial charge in [-0.3, -0.25) is 14.6 Å². The van der Waals surface area contributed by atoms with E-state index in [9.17, 15) is 4.39 Å². The van der Waals surface area contributed by atoms with Gasteiger partial charge in [0.2, 0.25) is 0 Å². The Morgan fingerprint density at radius 3 is 2.86 bits per heavy atom. The summed E-state index contributed by atoms with van der Waals surface area (Å²) in [7, 11) is 1.68. The van der Waals surface area contributed by atoms with E-state index in [1.54, 1.807) is 37.8 Å². The zero-order valence-corrected chi connectivity index (χ0v) is 16.5. The molecule has 0 saturated carbocycles. The molecule has 3 heterocycles. The number of nitrogens with zero attached hydrogens (tertiary/aromatic N) is 4. The van der Waals surface area contributed by atoms with Gasteiger partial charge in [0.05, 0.1) is 17.6 Å². The van der Waals surface area contributed by atoms with Crippen LogP contribution in [-0.4, -0.2) is 33.5 Å². The van der Waals surface area contributed by atoms with E-state index in [2.05, 4.69) is 20.4 Å². The lowest BCUT2D eigenvalue weighted by atomic mass is 10.1. The van der Waals surface area contributed by atoms with Gasteiger partial charge in [0.1, 0.15) is 16.9 Å². The van der Waals surface area contributed by atoms with Gasteiger partial charge in [0.25, 0.3) is 0 Å². The number of aryl methyl sites for hydroxylation is 1. The fraction of sp³-hybridized carbons (Fsp3) is 0.190. The quantitative estimate of drug-likeness (QED) is 0.430. The lowest BCUT2D eigenvalue weighted by Gasteiger charge is -2.12. The highest BCUT2D eigenvalue weighted by Gasteiger charge is 2.12. The lowest BCUT2D eigenvalue weighted by molar-refractivity contribution is 0.189. The van der Waals surface area contributed by atoms with E-state index in [0.29, 0.717) is 29.4 Å². The maximum Gasteiger partial charge on any atom is 0.132 e. The summed E-state index contributed by atoms with van der Waals surface area (Å²) in [6, 6.07) is 9.91. The van der Waals surface area contributed by atoms with Gasteiger partial charge in [-0.25, -0.2) is 4.39 Å². The summed E-state index contributed by atoms with van der Waals surface area (Å²) in [4.78, 5) is 8.68. The number of benzene rings is 1. The van der Waals surface area contributed by atoms with Crippen molar-refractivity contribution in [3.05, 3.63) is 65.8 Å². The van der Waals surface area contributed by atoms with Crippen LogP contribution in [0.5, 0.6) is 0 Å². The van der Waals surface area contributed by atoms with Crippen LogP contribution in [0.25, 0.3) is 22.3 Å². The van der Waals surface area contributed by atoms with Gasteiger partial charge in [-0.05, 0) is 42.8 Å². The number of pyridine rings is 2. The van der Waals surface area contributed by atoms with Crippen LogP contribution in [0, 0.1) is 5.82 Å². The van der Waals surface area contributed by atoms with Crippen LogP contribution >= 0.6 is 11.6 Å². The predicted octanol–water partition coefficient (Wildman–Crippen LogP) is 5.07. The Morgan fingerprint density at radius 2 is 2.00 bits per heavy atom. The van der Waals surface area contributed by atoms with Gasteiger partial charge in [-0.2, -0.15) is 5.10 Å². The average molecular weight is 412 g/mol. The van der Waals surface area contributed by atoms with Crippen LogP contribution in [0.15, 0.2) is 55.0 Å². The molecule has 0 spiro atoms. The molecule has 0 aliphatic carbocycles. The van der Waals surface area contributed by atoms with Crippen LogP contribution in [0.4, 0.5) is 15.8 Å². The lowest BCUT2D eigenvalue weighted by Crippen LogP contribution is -2.05. The molecule has 148 valence electrons. The van der Waals surface area contributed by atoms with Gasteiger partial charge < -0.3 is 10.1 Å². The maximum atomic E-state index is 14.2. The van der Waals surface area contributed by atoms with Crippen molar-refractivity contribution in [2.24, 2.45) is 0 Å². The number of fused-ring (bicyclic) bond motifs is 1. The molecule has 29 heavy (non-hydrogen) atoms. The number of anilines is 2. The summed E-state index contributed by atoms with van der Waals surface area (Å²) >= 11 is 6.02. The zero-order valence-electron chi connectivity index (χ0n) is 15.8. The number of aromatic nitrogens is 4. The van der Waals surface area contributed by atoms with E-state index in [-0.39, 0.29) is 5.82 Å². The molecule has 0 unspecified atom stereocenters. The number of methoxy groups -OCH3 is 1. The number of hydrogen-bond donors (Lipinski definition) is 1. The molecule has 4 aromatic rings. The van der Waals surface area contributed by atoms with Crippen LogP contribution in [0.1, 0.15) is 6.42 Å². The Kier molecular flexibility index (Phi) is 5.69. The second-order valence-corrected chi connectivity index (χ2v) is 6.92. The molecular weight excluding hydrogens is 393 g/mol. The van der Waals surface area contributed by atoms with E-state index in [4.69, 9.17) is 16.3 Å². The van der Waals surface area contributed by atoms with E-state index in [0.717, 1.165) is 28.8 Å². The van der Waals surface area contributed by atoms with Crippen LogP contribution in [0.2, 0.25) is 5.02 Å². The Balaban J connectivity index is 1.67. The average Bonchev–Trinajstić information content (AvgIpc) is 3.14. The molecule has 6 nitrogen and oxygen atoms in total. The summed E-state index contributed by atoms with van der Waals surface area (Å²) in [5.41, 5.74) is 4.16. The first kappa shape index (κ1) is 19.3. The first-order valence-corrected chi connectivity index (χ1v) is 9.51. The molecule has 0 bridgehead atoms. The van der Waals surface area contributed by atoms with Crippen LogP contribution in [0.3, 0.4) is 0 Å². The molecule has 8 heteroatoms. The van der Waals surface area contributed by atoms with Crippen LogP contribution in [-0.2, 0) is 11.3 Å². The topological polar surface area (TPSA) is 64.9 Å². The predicted molar refractivity (Wildman–Crippen MR) is 112 cm³/mol. The fourth-order valence-corrected chi connectivity index (χ4v) is 3.32. The van der Waals surface area contributed by atoms with Gasteiger partial charge in [0.15, 0.2) is 0 Å². The highest BCUT2D eigenvalue weighted by molar-refractivity contribution is 6.30. The van der Waals surface area contributed by atoms with E-state index in [1.807, 2.05) is 16.8 Å². The van der Waals surface area contributed by atoms with Crippen molar-refractivity contribution in [1.29, 1.82) is 0 Å². The normalized spacial score (nSPS) is 11.1. The third-order valence-electron chi connectivity index (χ3n) is 4.49. The molecule has 0 saturated heterocycles. The minimum atomic E-state index is -0.374. The van der Waals surface area contributed by atoms with Crippen molar-refractivity contribution in [2.45, 2.75) is 13.0 Å². The second kappa shape index (κ2) is 8.55. The Bertz CT molecular complexity index is 1150. The van der Waals surface area contributed by atoms with Crippen LogP contribution < -0.4 is 5.32 Å². The molecule has 0 atom stereocenters. The van der Waals surface area contributed by atoms with E-state index < -0.39 is 0 Å². The number of nitrogens with one attached hydrogen (secondary N) is 1. The largest absolute Gasteiger partial charge is 0.385 e. The highest BCUT2D eigenvalue weighted by atomic mass is 35.5. The van der Waals surface area contributed by atoms with Crippen molar-refractivity contribution in [3.63, 3.8) is 0 Å². The summed E-state index contributed by atoms with van der Waals surface area (Å²) < 4.78 is 21.3. The minimum Gasteiger partial charge on any atom is -0.385 e. The van der Waals surface area contributed by atoms with Crippen molar-refractivity contribution in [2.75, 3.05) is 19.0 Å². The zero-order chi connectivity index (χ0) is 20.2. The van der Waals surface area contributed by atoms with Crippen molar-refractivity contribution in [1.82, 2.24) is 19.7 Å². The summed E-state index contributed by atoms with van der Waals surface area (Å²) in [5, 5.41) is 8.27. The van der Waals surface area contributed by atoms with Gasteiger partial charge in [-0.15, -0.1) is 0 Å². The van der Waals surface area contributed by atoms with E-state index >= 15 is 0 Å². The van der Waals surface area contributed by atoms with Gasteiger partial charge >= 0.3 is 0 Å². The van der Waals surface area contributed by atoms with Crippen molar-refractivity contribution < 1.29 is 9.13 Å². The standard InChI is InChI=1S/C21H19ClFN5O/c1-29-10-2-9-28-21-18(6-8-25-20(21)13-26-28)27-15-5-7-24-19(12-15)16-11-14(22)3-4-17(16)23/h3-8,11-13H,2,9-10H2,1H3,(H,24,25,27). The van der Waals surface area contributed by atoms with Crippen molar-refractivity contribution in [3.8, 4) is 11.3 Å². The Hall–Kier alpha value is -3.03. The Labute approximate surface area is 172 Å². The first-order chi connectivity index (χ1) is 14.2. The first-order valence-electron chi connectivity index (χ1n) is 9.13. The number of ether oxygens (including phenoxy) is 1. The molecular formula is C21H19ClFN5O. The molecule has 4 rings (SSSR count). The highest BCUT2D eigenvalue weighted by Crippen LogP contribution is 2.29. The summed E-state index contributed by atoms with van der Waals surface area (Å²) in [6.45, 7) is 1.37. The number of hydrogen-bond acceptors (Lipinski definition) is 5. The third-order valence-corrected chi connectivity index (χ3v) is 4.73. The minimum absolute atomic E-state index is 0.352. The smallest absolute Gasteiger partial charge is 0.132 e. The fourth-order valence-electron chi connectivity index (χ4n) is 3.15. The molecule has 0 radical (unpaired) electrons. The van der Waals surface area contributed by atoms with E-state index in [1.165, 1.54) is 12.1 Å². The number of halogens is 2. The molecule has 0 aliphatic rings.